The summed E-state index contributed by atoms with van der Waals surface area (Å²) in [5, 5.41) is 8.96. The molecular weight excluding hydrogens is 250 g/mol. The van der Waals surface area contributed by atoms with E-state index in [4.69, 9.17) is 5.11 Å². The van der Waals surface area contributed by atoms with Crippen molar-refractivity contribution < 1.29 is 14.7 Å². The number of aromatic nitrogens is 3. The van der Waals surface area contributed by atoms with Gasteiger partial charge in [-0.3, -0.25) is 4.98 Å². The number of aromatic amines is 2. The summed E-state index contributed by atoms with van der Waals surface area (Å²) in [4.78, 5) is 18.7. The molecule has 0 aliphatic heterocycles. The molecule has 0 aromatic carbocycles. The molecule has 0 spiro atoms. The Balaban J connectivity index is 2.26. The maximum Gasteiger partial charge on any atom is 0.344 e. The Hall–Kier alpha value is -1.53. The van der Waals surface area contributed by atoms with Gasteiger partial charge in [-0.05, 0) is 0 Å². The molecule has 0 saturated heterocycles. The van der Waals surface area contributed by atoms with Crippen molar-refractivity contribution in [3.63, 3.8) is 0 Å². The van der Waals surface area contributed by atoms with Crippen molar-refractivity contribution in [1.82, 2.24) is 4.98 Å². The molecule has 2 rings (SSSR count). The highest BCUT2D eigenvalue weighted by molar-refractivity contribution is 7.09. The number of hydrogen-bond acceptors (Lipinski definition) is 3. The largest absolute Gasteiger partial charge is 0.396 e. The van der Waals surface area contributed by atoms with E-state index in [0.717, 1.165) is 16.4 Å². The molecule has 2 aromatic heterocycles. The van der Waals surface area contributed by atoms with Gasteiger partial charge in [-0.2, -0.15) is 4.57 Å². The van der Waals surface area contributed by atoms with E-state index < -0.39 is 0 Å². The molecule has 18 heavy (non-hydrogen) atoms. The zero-order valence-electron chi connectivity index (χ0n) is 10.5. The highest BCUT2D eigenvalue weighted by atomic mass is 32.1. The Bertz CT molecular complexity index is 604. The van der Waals surface area contributed by atoms with Gasteiger partial charge in [0.25, 0.3) is 5.82 Å². The van der Waals surface area contributed by atoms with E-state index in [1.807, 2.05) is 23.9 Å². The summed E-state index contributed by atoms with van der Waals surface area (Å²) in [5.41, 5.74) is 3.73. The minimum Gasteiger partial charge on any atom is -0.396 e. The third-order valence-corrected chi connectivity index (χ3v) is 4.04. The zero-order valence-corrected chi connectivity index (χ0v) is 11.3. The number of aryl methyl sites for hydroxylation is 1. The fourth-order valence-electron chi connectivity index (χ4n) is 1.80. The lowest BCUT2D eigenvalue weighted by atomic mass is 10.3. The monoisotopic (exact) mass is 267 g/mol. The Morgan fingerprint density at radius 2 is 2.28 bits per heavy atom. The van der Waals surface area contributed by atoms with Gasteiger partial charge in [-0.15, -0.1) is 0 Å². The van der Waals surface area contributed by atoms with Gasteiger partial charge in [0.1, 0.15) is 11.8 Å². The standard InChI is InChI=1S/C12H15N3O2S/c1-8-11(3-4-16)18-7-15(8)6-10-5-13-9(2)14-12(10)17/h5,7,16H,3-4,6H2,1-2H3/p+2. The molecule has 96 valence electrons. The van der Waals surface area contributed by atoms with E-state index in [0.29, 0.717) is 18.5 Å². The molecule has 3 N–H and O–H groups in total. The number of rotatable bonds is 4. The molecule has 0 amide bonds. The van der Waals surface area contributed by atoms with E-state index in [2.05, 4.69) is 9.97 Å². The first-order valence-electron chi connectivity index (χ1n) is 5.79. The van der Waals surface area contributed by atoms with Gasteiger partial charge in [-0.25, -0.2) is 9.78 Å². The molecule has 2 heterocycles. The van der Waals surface area contributed by atoms with Crippen molar-refractivity contribution in [2.24, 2.45) is 0 Å². The molecular formula is C12H17N3O2S+2. The van der Waals surface area contributed by atoms with Crippen LogP contribution in [0.5, 0.6) is 0 Å². The SMILES string of the molecule is Cc1[nH]c(=O)c(C[n+]2csc(CCO)c2C)c[nH+]1. The number of aliphatic hydroxyl groups is 1. The highest BCUT2D eigenvalue weighted by Gasteiger charge is 2.18. The molecule has 0 saturated carbocycles. The number of hydrogen-bond donors (Lipinski definition) is 2. The second-order valence-electron chi connectivity index (χ2n) is 4.23. The summed E-state index contributed by atoms with van der Waals surface area (Å²) < 4.78 is 2.03. The number of thiazole rings is 1. The number of nitrogens with zero attached hydrogens (tertiary/aromatic N) is 1. The third-order valence-electron chi connectivity index (χ3n) is 2.89. The molecule has 0 unspecified atom stereocenters. The van der Waals surface area contributed by atoms with Crippen molar-refractivity contribution in [3.8, 4) is 0 Å². The van der Waals surface area contributed by atoms with E-state index in [9.17, 15) is 4.79 Å². The smallest absolute Gasteiger partial charge is 0.344 e. The second-order valence-corrected chi connectivity index (χ2v) is 5.17. The van der Waals surface area contributed by atoms with Crippen LogP contribution >= 0.6 is 11.3 Å². The highest BCUT2D eigenvalue weighted by Crippen LogP contribution is 2.11. The van der Waals surface area contributed by atoms with Gasteiger partial charge >= 0.3 is 5.56 Å². The first-order valence-corrected chi connectivity index (χ1v) is 6.67. The predicted octanol–water partition coefficient (Wildman–Crippen LogP) is -0.262. The fraction of sp³-hybridized carbons (Fsp3) is 0.417. The molecule has 0 aliphatic carbocycles. The quantitative estimate of drug-likeness (QED) is 0.749. The molecule has 0 bridgehead atoms. The van der Waals surface area contributed by atoms with Crippen LogP contribution in [0.2, 0.25) is 0 Å². The van der Waals surface area contributed by atoms with Crippen LogP contribution in [0.25, 0.3) is 0 Å². The van der Waals surface area contributed by atoms with Crippen molar-refractivity contribution in [1.29, 1.82) is 0 Å². The van der Waals surface area contributed by atoms with Crippen molar-refractivity contribution >= 4 is 11.3 Å². The lowest BCUT2D eigenvalue weighted by Crippen LogP contribution is -2.39. The van der Waals surface area contributed by atoms with Crippen molar-refractivity contribution in [2.75, 3.05) is 6.61 Å². The summed E-state index contributed by atoms with van der Waals surface area (Å²) in [6.45, 7) is 4.52. The minimum absolute atomic E-state index is 0.0620. The minimum atomic E-state index is -0.0620. The molecule has 5 nitrogen and oxygen atoms in total. The van der Waals surface area contributed by atoms with Crippen LogP contribution in [0.1, 0.15) is 22.0 Å². The number of aliphatic hydroxyl groups excluding tert-OH is 1. The van der Waals surface area contributed by atoms with Crippen LogP contribution in [0.4, 0.5) is 0 Å². The van der Waals surface area contributed by atoms with Crippen LogP contribution in [-0.2, 0) is 13.0 Å². The maximum absolute atomic E-state index is 11.8. The van der Waals surface area contributed by atoms with Gasteiger partial charge in [-0.1, -0.05) is 11.3 Å². The summed E-state index contributed by atoms with van der Waals surface area (Å²) >= 11 is 1.61. The Morgan fingerprint density at radius 1 is 1.50 bits per heavy atom. The summed E-state index contributed by atoms with van der Waals surface area (Å²) in [5.74, 6) is 0.747. The molecule has 0 atom stereocenters. The van der Waals surface area contributed by atoms with E-state index in [1.54, 1.807) is 17.5 Å². The van der Waals surface area contributed by atoms with Crippen molar-refractivity contribution in [3.05, 3.63) is 44.0 Å². The third kappa shape index (κ3) is 2.65. The summed E-state index contributed by atoms with van der Waals surface area (Å²) in [6, 6.07) is 0. The van der Waals surface area contributed by atoms with Crippen LogP contribution in [0.3, 0.4) is 0 Å². The van der Waals surface area contributed by atoms with Crippen LogP contribution < -0.4 is 15.1 Å². The average Bonchev–Trinajstić information content (AvgIpc) is 2.66. The van der Waals surface area contributed by atoms with Crippen LogP contribution in [-0.4, -0.2) is 16.7 Å². The van der Waals surface area contributed by atoms with Gasteiger partial charge in [0, 0.05) is 26.9 Å². The maximum atomic E-state index is 11.8. The van der Waals surface area contributed by atoms with Crippen molar-refractivity contribution in [2.45, 2.75) is 26.8 Å². The van der Waals surface area contributed by atoms with Gasteiger partial charge in [0.05, 0.1) is 4.88 Å². The van der Waals surface area contributed by atoms with Crippen LogP contribution in [0, 0.1) is 13.8 Å². The summed E-state index contributed by atoms with van der Waals surface area (Å²) in [7, 11) is 0. The molecule has 0 fully saturated rings. The fourth-order valence-corrected chi connectivity index (χ4v) is 2.78. The first-order chi connectivity index (χ1) is 8.61. The van der Waals surface area contributed by atoms with Gasteiger partial charge in [0.2, 0.25) is 5.51 Å². The summed E-state index contributed by atoms with van der Waals surface area (Å²) in [6.07, 6.45) is 2.41. The first kappa shape index (κ1) is 12.9. The van der Waals surface area contributed by atoms with E-state index in [-0.39, 0.29) is 12.2 Å². The van der Waals surface area contributed by atoms with Gasteiger partial charge < -0.3 is 5.11 Å². The topological polar surface area (TPSA) is 71.1 Å². The second kappa shape index (κ2) is 5.41. The lowest BCUT2D eigenvalue weighted by Gasteiger charge is -1.95. The predicted molar refractivity (Wildman–Crippen MR) is 67.5 cm³/mol. The van der Waals surface area contributed by atoms with E-state index in [1.165, 1.54) is 0 Å². The Labute approximate surface area is 109 Å². The normalized spacial score (nSPS) is 10.8. The molecule has 0 radical (unpaired) electrons. The average molecular weight is 267 g/mol. The molecule has 0 aliphatic rings. The van der Waals surface area contributed by atoms with Crippen LogP contribution in [0.15, 0.2) is 16.5 Å². The lowest BCUT2D eigenvalue weighted by molar-refractivity contribution is -0.690. The Kier molecular flexibility index (Phi) is 3.88. The molecule has 2 aromatic rings. The Morgan fingerprint density at radius 3 is 2.94 bits per heavy atom. The zero-order chi connectivity index (χ0) is 13.1. The molecule has 6 heteroatoms. The number of H-pyrrole nitrogens is 2. The number of nitrogens with one attached hydrogen (secondary N) is 2. The van der Waals surface area contributed by atoms with Gasteiger partial charge in [0.15, 0.2) is 12.2 Å². The van der Waals surface area contributed by atoms with E-state index >= 15 is 0 Å².